The SMILES string of the molecule is COc1ccccc1CNc1nc(Cc2ccccc2)nc2sc(C)cc12. The number of benzene rings is 2. The van der Waals surface area contributed by atoms with Crippen molar-refractivity contribution in [1.29, 1.82) is 0 Å². The number of fused-ring (bicyclic) bond motifs is 1. The topological polar surface area (TPSA) is 47.0 Å². The van der Waals surface area contributed by atoms with Crippen molar-refractivity contribution >= 4 is 27.4 Å². The zero-order valence-corrected chi connectivity index (χ0v) is 16.2. The Bertz CT molecular complexity index is 1060. The van der Waals surface area contributed by atoms with E-state index in [1.807, 2.05) is 36.4 Å². The molecule has 0 aliphatic heterocycles. The van der Waals surface area contributed by atoms with Gasteiger partial charge in [0, 0.05) is 23.4 Å². The van der Waals surface area contributed by atoms with Crippen LogP contribution in [0.4, 0.5) is 5.82 Å². The molecule has 2 heterocycles. The number of anilines is 1. The smallest absolute Gasteiger partial charge is 0.138 e. The molecule has 0 saturated carbocycles. The lowest BCUT2D eigenvalue weighted by Gasteiger charge is -2.11. The van der Waals surface area contributed by atoms with Crippen molar-refractivity contribution in [1.82, 2.24) is 9.97 Å². The van der Waals surface area contributed by atoms with Crippen molar-refractivity contribution in [2.45, 2.75) is 19.9 Å². The number of nitrogens with zero attached hydrogens (tertiary/aromatic N) is 2. The summed E-state index contributed by atoms with van der Waals surface area (Å²) in [5, 5.41) is 4.57. The van der Waals surface area contributed by atoms with Crippen molar-refractivity contribution in [2.75, 3.05) is 12.4 Å². The number of aryl methyl sites for hydroxylation is 1. The minimum Gasteiger partial charge on any atom is -0.496 e. The fourth-order valence-corrected chi connectivity index (χ4v) is 4.00. The average Bonchev–Trinajstić information content (AvgIpc) is 3.07. The summed E-state index contributed by atoms with van der Waals surface area (Å²) in [5.41, 5.74) is 2.31. The van der Waals surface area contributed by atoms with Crippen LogP contribution in [0.25, 0.3) is 10.2 Å². The van der Waals surface area contributed by atoms with Gasteiger partial charge < -0.3 is 10.1 Å². The number of aromatic nitrogens is 2. The summed E-state index contributed by atoms with van der Waals surface area (Å²) in [6.45, 7) is 2.75. The fourth-order valence-electron chi connectivity index (χ4n) is 3.11. The zero-order chi connectivity index (χ0) is 18.6. The Morgan fingerprint density at radius 2 is 1.78 bits per heavy atom. The standard InChI is InChI=1S/C22H21N3OS/c1-15-12-18-21(23-14-17-10-6-7-11-19(17)26-2)24-20(25-22(18)27-15)13-16-8-4-3-5-9-16/h3-12H,13-14H2,1-2H3,(H,23,24,25). The maximum absolute atomic E-state index is 5.46. The van der Waals surface area contributed by atoms with Gasteiger partial charge in [-0.3, -0.25) is 0 Å². The minimum atomic E-state index is 0.649. The number of hydrogen-bond acceptors (Lipinski definition) is 5. The Labute approximate surface area is 162 Å². The molecule has 4 rings (SSSR count). The van der Waals surface area contributed by atoms with E-state index in [1.165, 1.54) is 10.4 Å². The first-order valence-electron chi connectivity index (χ1n) is 8.89. The minimum absolute atomic E-state index is 0.649. The number of hydrogen-bond donors (Lipinski definition) is 1. The third-order valence-corrected chi connectivity index (χ3v) is 5.35. The highest BCUT2D eigenvalue weighted by molar-refractivity contribution is 7.18. The summed E-state index contributed by atoms with van der Waals surface area (Å²) in [6, 6.07) is 20.5. The van der Waals surface area contributed by atoms with Crippen LogP contribution >= 0.6 is 11.3 Å². The highest BCUT2D eigenvalue weighted by atomic mass is 32.1. The quantitative estimate of drug-likeness (QED) is 0.502. The van der Waals surface area contributed by atoms with E-state index in [2.05, 4.69) is 36.5 Å². The number of thiophene rings is 1. The molecular weight excluding hydrogens is 354 g/mol. The largest absolute Gasteiger partial charge is 0.496 e. The Morgan fingerprint density at radius 1 is 1.00 bits per heavy atom. The lowest BCUT2D eigenvalue weighted by atomic mass is 10.1. The molecule has 0 spiro atoms. The second-order valence-electron chi connectivity index (χ2n) is 6.39. The molecule has 136 valence electrons. The van der Waals surface area contributed by atoms with Gasteiger partial charge in [0.25, 0.3) is 0 Å². The van der Waals surface area contributed by atoms with Crippen molar-refractivity contribution in [3.63, 3.8) is 0 Å². The van der Waals surface area contributed by atoms with Crippen LogP contribution < -0.4 is 10.1 Å². The van der Waals surface area contributed by atoms with Gasteiger partial charge in [0.2, 0.25) is 0 Å². The Morgan fingerprint density at radius 3 is 2.59 bits per heavy atom. The van der Waals surface area contributed by atoms with Gasteiger partial charge in [-0.2, -0.15) is 0 Å². The Balaban J connectivity index is 1.66. The van der Waals surface area contributed by atoms with E-state index in [1.54, 1.807) is 18.4 Å². The fraction of sp³-hybridized carbons (Fsp3) is 0.182. The van der Waals surface area contributed by atoms with Crippen LogP contribution in [0.1, 0.15) is 21.8 Å². The highest BCUT2D eigenvalue weighted by Crippen LogP contribution is 2.30. The van der Waals surface area contributed by atoms with Gasteiger partial charge in [-0.25, -0.2) is 9.97 Å². The van der Waals surface area contributed by atoms with Gasteiger partial charge in [0.05, 0.1) is 12.5 Å². The number of nitrogens with one attached hydrogen (secondary N) is 1. The molecular formula is C22H21N3OS. The van der Waals surface area contributed by atoms with Crippen LogP contribution in [-0.4, -0.2) is 17.1 Å². The zero-order valence-electron chi connectivity index (χ0n) is 15.4. The van der Waals surface area contributed by atoms with Crippen molar-refractivity contribution in [2.24, 2.45) is 0 Å². The first-order chi connectivity index (χ1) is 13.2. The first kappa shape index (κ1) is 17.5. The predicted octanol–water partition coefficient (Wildman–Crippen LogP) is 5.21. The molecule has 2 aromatic carbocycles. The van der Waals surface area contributed by atoms with Crippen LogP contribution in [0.3, 0.4) is 0 Å². The highest BCUT2D eigenvalue weighted by Gasteiger charge is 2.12. The van der Waals surface area contributed by atoms with Crippen molar-refractivity contribution in [3.05, 3.63) is 82.5 Å². The van der Waals surface area contributed by atoms with Gasteiger partial charge in [-0.05, 0) is 24.6 Å². The van der Waals surface area contributed by atoms with Crippen molar-refractivity contribution < 1.29 is 4.74 Å². The Kier molecular flexibility index (Phi) is 5.03. The second kappa shape index (κ2) is 7.76. The van der Waals surface area contributed by atoms with Crippen LogP contribution in [0.2, 0.25) is 0 Å². The average molecular weight is 375 g/mol. The second-order valence-corrected chi connectivity index (χ2v) is 7.63. The van der Waals surface area contributed by atoms with E-state index in [0.29, 0.717) is 6.54 Å². The molecule has 1 N–H and O–H groups in total. The maximum Gasteiger partial charge on any atom is 0.138 e. The number of para-hydroxylation sites is 1. The van der Waals surface area contributed by atoms with E-state index in [4.69, 9.17) is 14.7 Å². The van der Waals surface area contributed by atoms with Crippen LogP contribution in [0, 0.1) is 6.92 Å². The van der Waals surface area contributed by atoms with E-state index < -0.39 is 0 Å². The predicted molar refractivity (Wildman–Crippen MR) is 112 cm³/mol. The molecule has 0 radical (unpaired) electrons. The molecule has 0 fully saturated rings. The molecule has 0 unspecified atom stereocenters. The third-order valence-electron chi connectivity index (χ3n) is 4.41. The summed E-state index contributed by atoms with van der Waals surface area (Å²) in [4.78, 5) is 11.9. The van der Waals surface area contributed by atoms with Gasteiger partial charge in [-0.15, -0.1) is 11.3 Å². The maximum atomic E-state index is 5.46. The summed E-state index contributed by atoms with van der Waals surface area (Å²) in [6.07, 6.45) is 0.719. The molecule has 0 aliphatic rings. The number of rotatable bonds is 6. The summed E-state index contributed by atoms with van der Waals surface area (Å²) < 4.78 is 5.46. The number of ether oxygens (including phenoxy) is 1. The summed E-state index contributed by atoms with van der Waals surface area (Å²) in [7, 11) is 1.70. The first-order valence-corrected chi connectivity index (χ1v) is 9.71. The molecule has 0 bridgehead atoms. The van der Waals surface area contributed by atoms with E-state index in [0.717, 1.165) is 39.6 Å². The molecule has 0 saturated heterocycles. The van der Waals surface area contributed by atoms with Gasteiger partial charge in [0.15, 0.2) is 0 Å². The summed E-state index contributed by atoms with van der Waals surface area (Å²) in [5.74, 6) is 2.58. The lowest BCUT2D eigenvalue weighted by molar-refractivity contribution is 0.410. The van der Waals surface area contributed by atoms with Crippen molar-refractivity contribution in [3.8, 4) is 5.75 Å². The molecule has 4 nitrogen and oxygen atoms in total. The Hall–Kier alpha value is -2.92. The molecule has 4 aromatic rings. The monoisotopic (exact) mass is 375 g/mol. The van der Waals surface area contributed by atoms with E-state index in [9.17, 15) is 0 Å². The van der Waals surface area contributed by atoms with Crippen LogP contribution in [-0.2, 0) is 13.0 Å². The van der Waals surface area contributed by atoms with Gasteiger partial charge in [-0.1, -0.05) is 48.5 Å². The third kappa shape index (κ3) is 3.93. The molecule has 2 aromatic heterocycles. The molecule has 5 heteroatoms. The van der Waals surface area contributed by atoms with Gasteiger partial charge in [0.1, 0.15) is 22.2 Å². The number of methoxy groups -OCH3 is 1. The molecule has 27 heavy (non-hydrogen) atoms. The van der Waals surface area contributed by atoms with Crippen LogP contribution in [0.15, 0.2) is 60.7 Å². The van der Waals surface area contributed by atoms with E-state index >= 15 is 0 Å². The van der Waals surface area contributed by atoms with E-state index in [-0.39, 0.29) is 0 Å². The summed E-state index contributed by atoms with van der Waals surface area (Å²) >= 11 is 1.70. The van der Waals surface area contributed by atoms with Crippen LogP contribution in [0.5, 0.6) is 5.75 Å². The molecule has 0 amide bonds. The molecule has 0 atom stereocenters. The molecule has 0 aliphatic carbocycles. The lowest BCUT2D eigenvalue weighted by Crippen LogP contribution is -2.06. The van der Waals surface area contributed by atoms with Gasteiger partial charge >= 0.3 is 0 Å². The normalized spacial score (nSPS) is 10.9.